The van der Waals surface area contributed by atoms with E-state index in [4.69, 9.17) is 11.6 Å². The average Bonchev–Trinajstić information content (AvgIpc) is 3.15. The Balaban J connectivity index is 1.46. The van der Waals surface area contributed by atoms with Gasteiger partial charge < -0.3 is 14.4 Å². The number of hydrogen-bond donors (Lipinski definition) is 0. The van der Waals surface area contributed by atoms with Crippen LogP contribution in [-0.2, 0) is 11.8 Å². The SMILES string of the molecule is C[C@H](C(=O)N1CCN(c2cccc(Cl)c2)CC1)n1c2ccccc2c2cnn(C)c(=O)c21. The predicted molar refractivity (Wildman–Crippen MR) is 127 cm³/mol. The van der Waals surface area contributed by atoms with E-state index in [1.165, 1.54) is 4.68 Å². The zero-order valence-electron chi connectivity index (χ0n) is 18.0. The first-order valence-electron chi connectivity index (χ1n) is 10.7. The fourth-order valence-electron chi connectivity index (χ4n) is 4.62. The van der Waals surface area contributed by atoms with E-state index < -0.39 is 6.04 Å². The van der Waals surface area contributed by atoms with E-state index in [2.05, 4.69) is 10.00 Å². The molecule has 1 saturated heterocycles. The summed E-state index contributed by atoms with van der Waals surface area (Å²) in [6, 6.07) is 15.1. The minimum Gasteiger partial charge on any atom is -0.368 e. The normalized spacial score (nSPS) is 15.5. The van der Waals surface area contributed by atoms with Crippen molar-refractivity contribution in [1.29, 1.82) is 0 Å². The highest BCUT2D eigenvalue weighted by Gasteiger charge is 2.29. The van der Waals surface area contributed by atoms with E-state index in [-0.39, 0.29) is 11.5 Å². The maximum Gasteiger partial charge on any atom is 0.291 e. The molecule has 7 nitrogen and oxygen atoms in total. The Morgan fingerprint density at radius 2 is 1.78 bits per heavy atom. The van der Waals surface area contributed by atoms with Gasteiger partial charge in [0.05, 0.1) is 11.7 Å². The Morgan fingerprint density at radius 1 is 1.03 bits per heavy atom. The molecule has 0 aliphatic carbocycles. The van der Waals surface area contributed by atoms with Gasteiger partial charge in [0, 0.05) is 54.7 Å². The molecule has 2 aromatic heterocycles. The van der Waals surface area contributed by atoms with Gasteiger partial charge in [-0.2, -0.15) is 5.10 Å². The molecule has 32 heavy (non-hydrogen) atoms. The molecule has 0 N–H and O–H groups in total. The third-order valence-electron chi connectivity index (χ3n) is 6.32. The summed E-state index contributed by atoms with van der Waals surface area (Å²) < 4.78 is 3.19. The number of hydrogen-bond acceptors (Lipinski definition) is 4. The zero-order valence-corrected chi connectivity index (χ0v) is 18.8. The van der Waals surface area contributed by atoms with E-state index in [9.17, 15) is 9.59 Å². The van der Waals surface area contributed by atoms with Crippen molar-refractivity contribution < 1.29 is 4.79 Å². The summed E-state index contributed by atoms with van der Waals surface area (Å²) in [5.41, 5.74) is 2.24. The quantitative estimate of drug-likeness (QED) is 0.480. The van der Waals surface area contributed by atoms with Crippen LogP contribution in [0.25, 0.3) is 21.8 Å². The summed E-state index contributed by atoms with van der Waals surface area (Å²) in [4.78, 5) is 30.6. The monoisotopic (exact) mass is 449 g/mol. The number of piperazine rings is 1. The van der Waals surface area contributed by atoms with Crippen LogP contribution >= 0.6 is 11.6 Å². The molecule has 164 valence electrons. The van der Waals surface area contributed by atoms with Crippen LogP contribution in [0.3, 0.4) is 0 Å². The Morgan fingerprint density at radius 3 is 2.53 bits per heavy atom. The van der Waals surface area contributed by atoms with Gasteiger partial charge in [0.25, 0.3) is 5.56 Å². The lowest BCUT2D eigenvalue weighted by Crippen LogP contribution is -2.50. The van der Waals surface area contributed by atoms with E-state index in [1.807, 2.05) is 64.9 Å². The minimum atomic E-state index is -0.509. The second-order valence-corrected chi connectivity index (χ2v) is 8.63. The van der Waals surface area contributed by atoms with Crippen LogP contribution in [0, 0.1) is 0 Å². The maximum absolute atomic E-state index is 13.5. The molecule has 0 unspecified atom stereocenters. The van der Waals surface area contributed by atoms with E-state index in [0.29, 0.717) is 23.6 Å². The zero-order chi connectivity index (χ0) is 22.4. The van der Waals surface area contributed by atoms with Gasteiger partial charge in [0.15, 0.2) is 0 Å². The highest BCUT2D eigenvalue weighted by molar-refractivity contribution is 6.30. The van der Waals surface area contributed by atoms with E-state index in [1.54, 1.807) is 13.2 Å². The first kappa shape index (κ1) is 20.6. The molecule has 1 aliphatic heterocycles. The fraction of sp³-hybridized carbons (Fsp3) is 0.292. The van der Waals surface area contributed by atoms with Gasteiger partial charge in [-0.3, -0.25) is 9.59 Å². The second kappa shape index (κ2) is 7.98. The number of carbonyl (C=O) groups excluding carboxylic acids is 1. The molecule has 0 saturated carbocycles. The molecule has 3 heterocycles. The lowest BCUT2D eigenvalue weighted by atomic mass is 10.2. The molecule has 1 fully saturated rings. The van der Waals surface area contributed by atoms with Crippen LogP contribution in [0.4, 0.5) is 5.69 Å². The van der Waals surface area contributed by atoms with Crippen molar-refractivity contribution in [3.63, 3.8) is 0 Å². The molecular weight excluding hydrogens is 426 g/mol. The summed E-state index contributed by atoms with van der Waals surface area (Å²) in [5, 5.41) is 6.59. The number of nitrogens with zero attached hydrogens (tertiary/aromatic N) is 5. The molecule has 0 spiro atoms. The maximum atomic E-state index is 13.5. The van der Waals surface area contributed by atoms with Gasteiger partial charge in [-0.05, 0) is 31.2 Å². The van der Waals surface area contributed by atoms with Crippen LogP contribution < -0.4 is 10.5 Å². The molecule has 8 heteroatoms. The van der Waals surface area contributed by atoms with Gasteiger partial charge in [-0.1, -0.05) is 35.9 Å². The summed E-state index contributed by atoms with van der Waals surface area (Å²) in [6.07, 6.45) is 1.70. The van der Waals surface area contributed by atoms with Crippen LogP contribution in [-0.4, -0.2) is 51.3 Å². The summed E-state index contributed by atoms with van der Waals surface area (Å²) in [6.45, 7) is 4.57. The second-order valence-electron chi connectivity index (χ2n) is 8.19. The van der Waals surface area contributed by atoms with Crippen LogP contribution in [0.1, 0.15) is 13.0 Å². The minimum absolute atomic E-state index is 0.0114. The number of anilines is 1. The molecule has 1 atom stereocenters. The Kier molecular flexibility index (Phi) is 5.13. The first-order chi connectivity index (χ1) is 15.5. The number of carbonyl (C=O) groups is 1. The first-order valence-corrected chi connectivity index (χ1v) is 11.1. The standard InChI is InChI=1S/C24H24ClN5O2/c1-16(23(31)29-12-10-28(11-13-29)18-7-5-6-17(25)14-18)30-21-9-4-3-8-19(21)20-15-26-27(2)24(32)22(20)30/h3-9,14-16H,10-13H2,1-2H3/t16-/m1/s1. The van der Waals surface area contributed by atoms with Gasteiger partial charge >= 0.3 is 0 Å². The van der Waals surface area contributed by atoms with Crippen molar-refractivity contribution in [3.8, 4) is 0 Å². The van der Waals surface area contributed by atoms with Crippen LogP contribution in [0.2, 0.25) is 5.02 Å². The van der Waals surface area contributed by atoms with Crippen molar-refractivity contribution in [2.24, 2.45) is 7.05 Å². The molecular formula is C24H24ClN5O2. The number of rotatable bonds is 3. The highest BCUT2D eigenvalue weighted by Crippen LogP contribution is 2.30. The lowest BCUT2D eigenvalue weighted by Gasteiger charge is -2.37. The Bertz CT molecular complexity index is 1380. The van der Waals surface area contributed by atoms with Gasteiger partial charge in [-0.15, -0.1) is 0 Å². The van der Waals surface area contributed by atoms with Gasteiger partial charge in [-0.25, -0.2) is 4.68 Å². The molecule has 0 bridgehead atoms. The third kappa shape index (κ3) is 3.33. The van der Waals surface area contributed by atoms with E-state index in [0.717, 1.165) is 35.1 Å². The number of para-hydroxylation sites is 1. The van der Waals surface area contributed by atoms with Crippen molar-refractivity contribution in [1.82, 2.24) is 19.2 Å². The predicted octanol–water partition coefficient (Wildman–Crippen LogP) is 3.45. The van der Waals surface area contributed by atoms with Crippen molar-refractivity contribution >= 4 is 45.0 Å². The number of amides is 1. The summed E-state index contributed by atoms with van der Waals surface area (Å²) in [5.74, 6) is 0.0114. The number of aromatic nitrogens is 3. The Hall–Kier alpha value is -3.32. The lowest BCUT2D eigenvalue weighted by molar-refractivity contribution is -0.134. The number of benzene rings is 2. The van der Waals surface area contributed by atoms with Crippen LogP contribution in [0.15, 0.2) is 59.5 Å². The van der Waals surface area contributed by atoms with Gasteiger partial charge in [0.2, 0.25) is 5.91 Å². The van der Waals surface area contributed by atoms with Crippen LogP contribution in [0.5, 0.6) is 0 Å². The smallest absolute Gasteiger partial charge is 0.291 e. The van der Waals surface area contributed by atoms with Crippen molar-refractivity contribution in [2.75, 3.05) is 31.1 Å². The largest absolute Gasteiger partial charge is 0.368 e. The summed E-state index contributed by atoms with van der Waals surface area (Å²) in [7, 11) is 1.63. The van der Waals surface area contributed by atoms with E-state index >= 15 is 0 Å². The molecule has 4 aromatic rings. The Labute approximate surface area is 190 Å². The van der Waals surface area contributed by atoms with Crippen molar-refractivity contribution in [2.45, 2.75) is 13.0 Å². The molecule has 1 aliphatic rings. The number of halogens is 1. The summed E-state index contributed by atoms with van der Waals surface area (Å²) >= 11 is 6.14. The molecule has 2 aromatic carbocycles. The number of aryl methyl sites for hydroxylation is 1. The molecule has 0 radical (unpaired) electrons. The molecule has 1 amide bonds. The van der Waals surface area contributed by atoms with Crippen molar-refractivity contribution in [3.05, 3.63) is 70.1 Å². The fourth-order valence-corrected chi connectivity index (χ4v) is 4.81. The third-order valence-corrected chi connectivity index (χ3v) is 6.55. The number of fused-ring (bicyclic) bond motifs is 3. The van der Waals surface area contributed by atoms with Gasteiger partial charge in [0.1, 0.15) is 11.6 Å². The average molecular weight is 450 g/mol. The highest BCUT2D eigenvalue weighted by atomic mass is 35.5. The topological polar surface area (TPSA) is 63.4 Å². The molecule has 5 rings (SSSR count).